The Morgan fingerprint density at radius 2 is 2.37 bits per heavy atom. The second-order valence-corrected chi connectivity index (χ2v) is 5.00. The molecule has 1 aliphatic heterocycles. The average Bonchev–Trinajstić information content (AvgIpc) is 2.80. The zero-order valence-corrected chi connectivity index (χ0v) is 11.5. The quantitative estimate of drug-likeness (QED) is 0.802. The summed E-state index contributed by atoms with van der Waals surface area (Å²) in [5.41, 5.74) is 8.19. The smallest absolute Gasteiger partial charge is 0.238 e. The fourth-order valence-electron chi connectivity index (χ4n) is 2.35. The van der Waals surface area contributed by atoms with Gasteiger partial charge in [-0.2, -0.15) is 0 Å². The highest BCUT2D eigenvalue weighted by molar-refractivity contribution is 5.93. The van der Waals surface area contributed by atoms with Crippen LogP contribution < -0.4 is 11.1 Å². The third-order valence-corrected chi connectivity index (χ3v) is 3.45. The number of anilines is 2. The number of carbonyl (C=O) groups excluding carboxylic acids is 1. The van der Waals surface area contributed by atoms with Crippen LogP contribution in [0.25, 0.3) is 0 Å². The molecule has 104 valence electrons. The summed E-state index contributed by atoms with van der Waals surface area (Å²) in [6.07, 6.45) is 1.25. The second kappa shape index (κ2) is 6.04. The first-order chi connectivity index (χ1) is 9.08. The van der Waals surface area contributed by atoms with Crippen LogP contribution in [0, 0.1) is 6.92 Å². The molecule has 0 aromatic heterocycles. The number of amides is 1. The topological polar surface area (TPSA) is 67.6 Å². The van der Waals surface area contributed by atoms with Crippen molar-refractivity contribution in [2.75, 3.05) is 37.8 Å². The van der Waals surface area contributed by atoms with Crippen LogP contribution in [-0.2, 0) is 9.53 Å². The highest BCUT2D eigenvalue weighted by Crippen LogP contribution is 2.18. The molecule has 5 heteroatoms. The maximum absolute atomic E-state index is 12.0. The van der Waals surface area contributed by atoms with E-state index in [9.17, 15) is 4.79 Å². The predicted molar refractivity (Wildman–Crippen MR) is 76.1 cm³/mol. The zero-order chi connectivity index (χ0) is 13.8. The Hall–Kier alpha value is -1.59. The van der Waals surface area contributed by atoms with E-state index in [2.05, 4.69) is 10.2 Å². The largest absolute Gasteiger partial charge is 0.399 e. The van der Waals surface area contributed by atoms with Crippen LogP contribution in [0.3, 0.4) is 0 Å². The molecule has 1 amide bonds. The Morgan fingerprint density at radius 3 is 3.00 bits per heavy atom. The van der Waals surface area contributed by atoms with Crippen molar-refractivity contribution in [1.29, 1.82) is 0 Å². The molecule has 1 aliphatic rings. The molecule has 1 atom stereocenters. The van der Waals surface area contributed by atoms with Gasteiger partial charge in [-0.3, -0.25) is 9.69 Å². The van der Waals surface area contributed by atoms with Gasteiger partial charge in [-0.25, -0.2) is 0 Å². The molecule has 0 bridgehead atoms. The minimum absolute atomic E-state index is 0.00428. The SMILES string of the molecule is COC1CCN(CC(=O)Nc2ccc(N)cc2C)C1. The number of nitrogens with zero attached hydrogens (tertiary/aromatic N) is 1. The second-order valence-electron chi connectivity index (χ2n) is 5.00. The average molecular weight is 263 g/mol. The summed E-state index contributed by atoms with van der Waals surface area (Å²) >= 11 is 0. The van der Waals surface area contributed by atoms with Gasteiger partial charge in [0.2, 0.25) is 5.91 Å². The van der Waals surface area contributed by atoms with Crippen molar-refractivity contribution in [2.45, 2.75) is 19.4 Å². The van der Waals surface area contributed by atoms with E-state index in [0.717, 1.165) is 30.8 Å². The summed E-state index contributed by atoms with van der Waals surface area (Å²) in [6.45, 7) is 4.07. The van der Waals surface area contributed by atoms with E-state index in [1.54, 1.807) is 13.2 Å². The Bertz CT molecular complexity index is 462. The lowest BCUT2D eigenvalue weighted by Gasteiger charge is -2.16. The van der Waals surface area contributed by atoms with Gasteiger partial charge in [0.1, 0.15) is 0 Å². The van der Waals surface area contributed by atoms with Gasteiger partial charge in [-0.15, -0.1) is 0 Å². The number of aryl methyl sites for hydroxylation is 1. The van der Waals surface area contributed by atoms with E-state index in [0.29, 0.717) is 12.2 Å². The molecule has 1 unspecified atom stereocenters. The van der Waals surface area contributed by atoms with Crippen molar-refractivity contribution in [1.82, 2.24) is 4.90 Å². The molecule has 0 aliphatic carbocycles. The lowest BCUT2D eigenvalue weighted by atomic mass is 10.2. The number of nitrogens with one attached hydrogen (secondary N) is 1. The van der Waals surface area contributed by atoms with Crippen molar-refractivity contribution in [3.8, 4) is 0 Å². The molecule has 1 saturated heterocycles. The van der Waals surface area contributed by atoms with E-state index in [1.807, 2.05) is 19.1 Å². The molecule has 19 heavy (non-hydrogen) atoms. The van der Waals surface area contributed by atoms with Crippen LogP contribution >= 0.6 is 0 Å². The fraction of sp³-hybridized carbons (Fsp3) is 0.500. The summed E-state index contributed by atoms with van der Waals surface area (Å²) in [5, 5.41) is 2.92. The van der Waals surface area contributed by atoms with Crippen molar-refractivity contribution >= 4 is 17.3 Å². The van der Waals surface area contributed by atoms with Crippen molar-refractivity contribution in [3.05, 3.63) is 23.8 Å². The summed E-state index contributed by atoms with van der Waals surface area (Å²) in [6, 6.07) is 5.48. The van der Waals surface area contributed by atoms with Gasteiger partial charge in [0.05, 0.1) is 12.6 Å². The number of nitrogen functional groups attached to an aromatic ring is 1. The van der Waals surface area contributed by atoms with Gasteiger partial charge in [-0.05, 0) is 37.1 Å². The van der Waals surface area contributed by atoms with E-state index >= 15 is 0 Å². The Labute approximate surface area is 113 Å². The molecule has 0 radical (unpaired) electrons. The number of hydrogen-bond donors (Lipinski definition) is 2. The first-order valence-electron chi connectivity index (χ1n) is 6.49. The maximum Gasteiger partial charge on any atom is 0.238 e. The van der Waals surface area contributed by atoms with Gasteiger partial charge in [0.25, 0.3) is 0 Å². The minimum Gasteiger partial charge on any atom is -0.399 e. The number of benzene rings is 1. The molecular weight excluding hydrogens is 242 g/mol. The molecule has 1 heterocycles. The number of carbonyl (C=O) groups is 1. The molecule has 1 fully saturated rings. The Kier molecular flexibility index (Phi) is 4.39. The highest BCUT2D eigenvalue weighted by Gasteiger charge is 2.23. The number of ether oxygens (including phenoxy) is 1. The Balaban J connectivity index is 1.87. The first kappa shape index (κ1) is 13.8. The molecular formula is C14H21N3O2. The maximum atomic E-state index is 12.0. The molecule has 5 nitrogen and oxygen atoms in total. The zero-order valence-electron chi connectivity index (χ0n) is 11.5. The third kappa shape index (κ3) is 3.68. The number of likely N-dealkylation sites (tertiary alicyclic amines) is 1. The van der Waals surface area contributed by atoms with Crippen molar-refractivity contribution in [3.63, 3.8) is 0 Å². The molecule has 0 saturated carbocycles. The van der Waals surface area contributed by atoms with E-state index < -0.39 is 0 Å². The third-order valence-electron chi connectivity index (χ3n) is 3.45. The van der Waals surface area contributed by atoms with Gasteiger partial charge < -0.3 is 15.8 Å². The lowest BCUT2D eigenvalue weighted by Crippen LogP contribution is -2.32. The van der Waals surface area contributed by atoms with Crippen LogP contribution in [0.4, 0.5) is 11.4 Å². The number of methoxy groups -OCH3 is 1. The highest BCUT2D eigenvalue weighted by atomic mass is 16.5. The molecule has 0 spiro atoms. The predicted octanol–water partition coefficient (Wildman–Crippen LogP) is 1.24. The van der Waals surface area contributed by atoms with E-state index in [4.69, 9.17) is 10.5 Å². The monoisotopic (exact) mass is 263 g/mol. The summed E-state index contributed by atoms with van der Waals surface area (Å²) in [4.78, 5) is 14.1. The van der Waals surface area contributed by atoms with Crippen molar-refractivity contribution in [2.24, 2.45) is 0 Å². The van der Waals surface area contributed by atoms with Gasteiger partial charge in [0.15, 0.2) is 0 Å². The summed E-state index contributed by atoms with van der Waals surface area (Å²) < 4.78 is 5.29. The number of nitrogens with two attached hydrogens (primary N) is 1. The van der Waals surface area contributed by atoms with E-state index in [-0.39, 0.29) is 12.0 Å². The van der Waals surface area contributed by atoms with Crippen molar-refractivity contribution < 1.29 is 9.53 Å². The van der Waals surface area contributed by atoms with Gasteiger partial charge >= 0.3 is 0 Å². The fourth-order valence-corrected chi connectivity index (χ4v) is 2.35. The van der Waals surface area contributed by atoms with Crippen LogP contribution in [0.1, 0.15) is 12.0 Å². The molecule has 1 aromatic rings. The summed E-state index contributed by atoms with van der Waals surface area (Å²) in [7, 11) is 1.71. The minimum atomic E-state index is 0.00428. The molecule has 3 N–H and O–H groups in total. The van der Waals surface area contributed by atoms with Crippen LogP contribution in [0.5, 0.6) is 0 Å². The first-order valence-corrected chi connectivity index (χ1v) is 6.49. The standard InChI is InChI=1S/C14H21N3O2/c1-10-7-11(15)3-4-13(10)16-14(18)9-17-6-5-12(8-17)19-2/h3-4,7,12H,5-6,8-9,15H2,1-2H3,(H,16,18). The normalized spacial score (nSPS) is 19.6. The molecule has 2 rings (SSSR count). The number of hydrogen-bond acceptors (Lipinski definition) is 4. The Morgan fingerprint density at radius 1 is 1.58 bits per heavy atom. The van der Waals surface area contributed by atoms with E-state index in [1.165, 1.54) is 0 Å². The lowest BCUT2D eigenvalue weighted by molar-refractivity contribution is -0.117. The van der Waals surface area contributed by atoms with Crippen LogP contribution in [0.2, 0.25) is 0 Å². The van der Waals surface area contributed by atoms with Gasteiger partial charge in [-0.1, -0.05) is 0 Å². The summed E-state index contributed by atoms with van der Waals surface area (Å²) in [5.74, 6) is 0.00428. The van der Waals surface area contributed by atoms with Gasteiger partial charge in [0, 0.05) is 31.6 Å². The van der Waals surface area contributed by atoms with Crippen LogP contribution in [0.15, 0.2) is 18.2 Å². The van der Waals surface area contributed by atoms with Crippen LogP contribution in [-0.4, -0.2) is 43.7 Å². The number of rotatable bonds is 4. The molecule has 1 aromatic carbocycles.